The Balaban J connectivity index is 2.09. The number of H-pyrrole nitrogens is 1. The van der Waals surface area contributed by atoms with Crippen molar-refractivity contribution in [1.82, 2.24) is 4.98 Å². The Bertz CT molecular complexity index is 445. The van der Waals surface area contributed by atoms with Crippen LogP contribution in [0.2, 0.25) is 6.32 Å². The second kappa shape index (κ2) is 4.08. The summed E-state index contributed by atoms with van der Waals surface area (Å²) < 4.78 is 4.94. The first kappa shape index (κ1) is 9.64. The molecule has 0 saturated heterocycles. The van der Waals surface area contributed by atoms with Gasteiger partial charge in [-0.1, -0.05) is 0 Å². The predicted octanol–water partition coefficient (Wildman–Crippen LogP) is 0.563. The van der Waals surface area contributed by atoms with E-state index in [0.29, 0.717) is 5.69 Å². The van der Waals surface area contributed by atoms with Crippen molar-refractivity contribution in [1.29, 1.82) is 0 Å². The van der Waals surface area contributed by atoms with Gasteiger partial charge in [0.25, 0.3) is 0 Å². The topological polar surface area (TPSA) is 59.2 Å². The van der Waals surface area contributed by atoms with Gasteiger partial charge in [0, 0.05) is 0 Å². The van der Waals surface area contributed by atoms with Crippen molar-refractivity contribution in [3.05, 3.63) is 35.9 Å². The zero-order valence-electron chi connectivity index (χ0n) is 7.90. The zero-order chi connectivity index (χ0) is 10.7. The number of aromatic nitrogens is 1. The van der Waals surface area contributed by atoms with Gasteiger partial charge in [0.2, 0.25) is 0 Å². The molecule has 0 aromatic carbocycles. The van der Waals surface area contributed by atoms with Crippen molar-refractivity contribution < 1.29 is 14.3 Å². The number of aromatic amines is 1. The van der Waals surface area contributed by atoms with Gasteiger partial charge >= 0.3 is 86.1 Å². The number of esters is 1. The fourth-order valence-corrected chi connectivity index (χ4v) is 1.23. The standard InChI is InChI=1S/C10H8BNO3/c13-8-6-11-4-3-9(8)15-10(14)7-2-1-5-12-7/h1-5,12H,6H2. The minimum atomic E-state index is -0.546. The first-order chi connectivity index (χ1) is 7.27. The maximum absolute atomic E-state index is 11.4. The third kappa shape index (κ3) is 2.12. The van der Waals surface area contributed by atoms with E-state index < -0.39 is 5.97 Å². The molecular weight excluding hydrogens is 193 g/mol. The number of rotatable bonds is 2. The predicted molar refractivity (Wildman–Crippen MR) is 55.9 cm³/mol. The summed E-state index contributed by atoms with van der Waals surface area (Å²) in [4.78, 5) is 25.5. The number of ether oxygens (including phenoxy) is 1. The summed E-state index contributed by atoms with van der Waals surface area (Å²) in [6, 6.07) is 3.28. The van der Waals surface area contributed by atoms with E-state index in [1.165, 1.54) is 6.08 Å². The second-order valence-corrected chi connectivity index (χ2v) is 3.06. The number of carbonyl (C=O) groups is 2. The molecule has 0 unspecified atom stereocenters. The van der Waals surface area contributed by atoms with Crippen LogP contribution >= 0.6 is 0 Å². The van der Waals surface area contributed by atoms with Gasteiger partial charge in [0.05, 0.1) is 0 Å². The van der Waals surface area contributed by atoms with Crippen LogP contribution in [0.15, 0.2) is 30.2 Å². The van der Waals surface area contributed by atoms with Crippen molar-refractivity contribution in [2.75, 3.05) is 0 Å². The normalized spacial score (nSPS) is 14.4. The zero-order valence-corrected chi connectivity index (χ0v) is 7.90. The van der Waals surface area contributed by atoms with Crippen molar-refractivity contribution in [3.63, 3.8) is 0 Å². The molecule has 1 aliphatic rings. The Kier molecular flexibility index (Phi) is 2.62. The Labute approximate surface area is 86.8 Å². The number of hydrogen-bond donors (Lipinski definition) is 1. The Morgan fingerprint density at radius 1 is 1.53 bits per heavy atom. The fraction of sp³-hybridized carbons (Fsp3) is 0.100. The van der Waals surface area contributed by atoms with Gasteiger partial charge in [-0.3, -0.25) is 0 Å². The molecule has 5 heteroatoms. The van der Waals surface area contributed by atoms with Gasteiger partial charge in [-0.05, 0) is 0 Å². The third-order valence-corrected chi connectivity index (χ3v) is 1.98. The van der Waals surface area contributed by atoms with Crippen LogP contribution in [0.3, 0.4) is 0 Å². The number of ketones is 1. The van der Waals surface area contributed by atoms with Crippen molar-refractivity contribution in [2.24, 2.45) is 0 Å². The van der Waals surface area contributed by atoms with Crippen LogP contribution in [0.5, 0.6) is 0 Å². The van der Waals surface area contributed by atoms with Gasteiger partial charge in [-0.2, -0.15) is 0 Å². The molecule has 0 radical (unpaired) electrons. The number of nitrogens with one attached hydrogen (secondary N) is 1. The van der Waals surface area contributed by atoms with Gasteiger partial charge in [0.1, 0.15) is 0 Å². The van der Waals surface area contributed by atoms with Gasteiger partial charge in [0.15, 0.2) is 0 Å². The molecule has 0 amide bonds. The number of hydrogen-bond acceptors (Lipinski definition) is 3. The first-order valence-corrected chi connectivity index (χ1v) is 4.53. The number of Topliss-reactive ketones (excluding diaryl/α,β-unsaturated/α-hetero) is 1. The van der Waals surface area contributed by atoms with Crippen molar-refractivity contribution in [3.8, 4) is 0 Å². The minimum absolute atomic E-state index is 0.0945. The summed E-state index contributed by atoms with van der Waals surface area (Å²) in [5.74, 6) is 1.06. The quantitative estimate of drug-likeness (QED) is 0.561. The molecule has 0 atom stereocenters. The van der Waals surface area contributed by atoms with Crippen LogP contribution < -0.4 is 0 Å². The number of allylic oxidation sites excluding steroid dienone is 2. The number of carbonyl (C=O) groups excluding carboxylic acids is 2. The monoisotopic (exact) mass is 201 g/mol. The van der Waals surface area contributed by atoms with Crippen LogP contribution in [0.4, 0.5) is 0 Å². The molecule has 0 bridgehead atoms. The maximum atomic E-state index is 11.4. The van der Waals surface area contributed by atoms with Crippen LogP contribution in [-0.2, 0) is 9.53 Å². The summed E-state index contributed by atoms with van der Waals surface area (Å²) in [6.45, 7) is 1.72. The van der Waals surface area contributed by atoms with Crippen LogP contribution in [-0.4, -0.2) is 29.6 Å². The summed E-state index contributed by atoms with van der Waals surface area (Å²) in [6.07, 6.45) is 3.39. The summed E-state index contributed by atoms with van der Waals surface area (Å²) in [5.41, 5.74) is 0.332. The molecule has 4 nitrogen and oxygen atoms in total. The second-order valence-electron chi connectivity index (χ2n) is 3.06. The average molecular weight is 201 g/mol. The third-order valence-electron chi connectivity index (χ3n) is 1.98. The van der Waals surface area contributed by atoms with E-state index in [2.05, 4.69) is 4.98 Å². The summed E-state index contributed by atoms with van der Waals surface area (Å²) in [7, 11) is 0. The Morgan fingerprint density at radius 3 is 3.07 bits per heavy atom. The van der Waals surface area contributed by atoms with E-state index in [0.717, 1.165) is 0 Å². The summed E-state index contributed by atoms with van der Waals surface area (Å²) >= 11 is 0. The van der Waals surface area contributed by atoms with Crippen molar-refractivity contribution in [2.45, 2.75) is 6.32 Å². The molecule has 0 saturated carbocycles. The molecule has 1 aromatic heterocycles. The SMILES string of the molecule is O=C1CB=CC=C1OC(=O)c1ccc[nH]1. The van der Waals surface area contributed by atoms with Crippen LogP contribution in [0, 0.1) is 0 Å². The molecule has 1 aliphatic heterocycles. The van der Waals surface area contributed by atoms with E-state index in [1.807, 2.05) is 0 Å². The average Bonchev–Trinajstić information content (AvgIpc) is 2.74. The van der Waals surface area contributed by atoms with Crippen LogP contribution in [0.1, 0.15) is 10.5 Å². The molecule has 0 fully saturated rings. The molecule has 0 aliphatic carbocycles. The van der Waals surface area contributed by atoms with E-state index in [4.69, 9.17) is 4.74 Å². The fourth-order valence-electron chi connectivity index (χ4n) is 1.23. The molecule has 2 heterocycles. The molecule has 15 heavy (non-hydrogen) atoms. The molecule has 1 aromatic rings. The van der Waals surface area contributed by atoms with E-state index in [9.17, 15) is 9.59 Å². The van der Waals surface area contributed by atoms with Gasteiger partial charge < -0.3 is 0 Å². The molecule has 74 valence electrons. The van der Waals surface area contributed by atoms with Crippen LogP contribution in [0.25, 0.3) is 0 Å². The van der Waals surface area contributed by atoms with Gasteiger partial charge in [-0.25, -0.2) is 0 Å². The first-order valence-electron chi connectivity index (χ1n) is 4.53. The summed E-state index contributed by atoms with van der Waals surface area (Å²) in [5, 5.41) is 0. The molecule has 1 N–H and O–H groups in total. The molecule has 2 rings (SSSR count). The van der Waals surface area contributed by atoms with E-state index in [1.54, 1.807) is 31.2 Å². The Hall–Kier alpha value is -1.91. The van der Waals surface area contributed by atoms with E-state index >= 15 is 0 Å². The van der Waals surface area contributed by atoms with Gasteiger partial charge in [-0.15, -0.1) is 0 Å². The van der Waals surface area contributed by atoms with E-state index in [-0.39, 0.29) is 17.9 Å². The molecular formula is C10H8BNO3. The van der Waals surface area contributed by atoms with Crippen molar-refractivity contribution >= 4 is 24.6 Å². The molecule has 0 spiro atoms. The Morgan fingerprint density at radius 2 is 2.40 bits per heavy atom.